The summed E-state index contributed by atoms with van der Waals surface area (Å²) in [5.74, 6) is 2.65. The van der Waals surface area contributed by atoms with Gasteiger partial charge in [0.15, 0.2) is 23.3 Å². The van der Waals surface area contributed by atoms with Gasteiger partial charge in [-0.05, 0) is 76.9 Å². The Bertz CT molecular complexity index is 6090. The lowest BCUT2D eigenvalue weighted by Gasteiger charge is -2.12. The molecule has 6 aromatic heterocycles. The number of benzene rings is 14. The third kappa shape index (κ3) is 11.7. The van der Waals surface area contributed by atoms with Crippen molar-refractivity contribution in [3.8, 4) is 124 Å². The molecular weight excluding hydrogens is 1290 g/mol. The van der Waals surface area contributed by atoms with E-state index < -0.39 is 0 Å². The second-order valence-electron chi connectivity index (χ2n) is 26.3. The maximum Gasteiger partial charge on any atom is 0.164 e. The van der Waals surface area contributed by atoms with Gasteiger partial charge in [-0.25, -0.2) is 34.9 Å². The van der Waals surface area contributed by atoms with Crippen molar-refractivity contribution in [2.24, 2.45) is 0 Å². The van der Waals surface area contributed by atoms with Crippen LogP contribution in [-0.4, -0.2) is 44.0 Å². The Labute approximate surface area is 612 Å². The van der Waals surface area contributed by atoms with Crippen molar-refractivity contribution in [1.29, 1.82) is 0 Å². The molecule has 9 nitrogen and oxygen atoms in total. The van der Waals surface area contributed by atoms with Gasteiger partial charge in [0.05, 0.1) is 55.9 Å². The van der Waals surface area contributed by atoms with Gasteiger partial charge in [-0.1, -0.05) is 328 Å². The highest BCUT2D eigenvalue weighted by atomic mass is 15.0. The summed E-state index contributed by atoms with van der Waals surface area (Å²) in [4.78, 5) is 35.2. The van der Waals surface area contributed by atoms with E-state index in [4.69, 9.17) is 34.9 Å². The zero-order valence-corrected chi connectivity index (χ0v) is 57.4. The molecule has 20 rings (SSSR count). The molecule has 0 fully saturated rings. The molecule has 20 aromatic rings. The van der Waals surface area contributed by atoms with Crippen LogP contribution in [-0.2, 0) is 0 Å². The van der Waals surface area contributed by atoms with E-state index in [0.29, 0.717) is 23.3 Å². The Morgan fingerprint density at radius 3 is 0.802 bits per heavy atom. The number of hydrogen-bond donors (Lipinski definition) is 0. The topological polar surface area (TPSA) is 100 Å². The molecule has 9 heteroatoms. The molecule has 496 valence electrons. The van der Waals surface area contributed by atoms with Crippen molar-refractivity contribution >= 4 is 65.4 Å². The Balaban J connectivity index is 0.000000145. The van der Waals surface area contributed by atoms with Gasteiger partial charge in [0, 0.05) is 88.2 Å². The average molecular weight is 1350 g/mol. The molecular formula is C97H63N9. The first-order valence-electron chi connectivity index (χ1n) is 35.6. The number of rotatable bonds is 12. The lowest BCUT2D eigenvalue weighted by atomic mass is 9.98. The summed E-state index contributed by atoms with van der Waals surface area (Å²) in [5, 5.41) is 6.96. The Hall–Kier alpha value is -14.4. The maximum absolute atomic E-state index is 5.31. The zero-order valence-electron chi connectivity index (χ0n) is 57.4. The highest BCUT2D eigenvalue weighted by Gasteiger charge is 2.24. The van der Waals surface area contributed by atoms with Crippen LogP contribution in [0.4, 0.5) is 0 Å². The van der Waals surface area contributed by atoms with E-state index >= 15 is 0 Å². The minimum atomic E-state index is 0.640. The molecule has 0 aliphatic heterocycles. The molecule has 0 radical (unpaired) electrons. The van der Waals surface area contributed by atoms with Crippen molar-refractivity contribution in [3.63, 3.8) is 0 Å². The summed E-state index contributed by atoms with van der Waals surface area (Å²) in [6.07, 6.45) is 0. The fourth-order valence-electron chi connectivity index (χ4n) is 14.8. The molecule has 0 spiro atoms. The van der Waals surface area contributed by atoms with Gasteiger partial charge in [0.25, 0.3) is 0 Å². The Morgan fingerprint density at radius 1 is 0.179 bits per heavy atom. The summed E-state index contributed by atoms with van der Waals surface area (Å²) in [7, 11) is 0. The number of pyridine rings is 2. The number of fused-ring (bicyclic) bond motifs is 10. The van der Waals surface area contributed by atoms with E-state index in [1.807, 2.05) is 97.1 Å². The van der Waals surface area contributed by atoms with E-state index in [9.17, 15) is 0 Å². The molecule has 0 aliphatic rings. The van der Waals surface area contributed by atoms with Crippen LogP contribution in [0.15, 0.2) is 382 Å². The van der Waals surface area contributed by atoms with Crippen LogP contribution in [0.2, 0.25) is 0 Å². The minimum absolute atomic E-state index is 0.640. The summed E-state index contributed by atoms with van der Waals surface area (Å²) < 4.78 is 4.77. The van der Waals surface area contributed by atoms with Crippen LogP contribution in [0.3, 0.4) is 0 Å². The summed E-state index contributed by atoms with van der Waals surface area (Å²) >= 11 is 0. The van der Waals surface area contributed by atoms with Gasteiger partial charge >= 0.3 is 0 Å². The highest BCUT2D eigenvalue weighted by Crippen LogP contribution is 2.44. The lowest BCUT2D eigenvalue weighted by molar-refractivity contribution is 1.07. The van der Waals surface area contributed by atoms with E-state index in [2.05, 4.69) is 294 Å². The SMILES string of the molecule is c1ccc(-c2cc(-c3ccc(-c4ccc(-c5nc6ccccc6c6c5c5ccccc5n6-c5ccccc5)cc4)cc3)nc(-c3ccccc3)n2)cc1.c1ccc(-c2nc(-c3ccccc3)nc(-c3ccc(-c4ccc(-c5nc6ccccc6c6c5c5ccccc5n6-c5ccccc5)cc4)cc3)n2)cc1. The fraction of sp³-hybridized carbons (Fsp3) is 0. The first kappa shape index (κ1) is 62.6. The molecule has 0 unspecified atom stereocenters. The van der Waals surface area contributed by atoms with Crippen LogP contribution >= 0.6 is 0 Å². The largest absolute Gasteiger partial charge is 0.308 e. The first-order valence-corrected chi connectivity index (χ1v) is 35.6. The van der Waals surface area contributed by atoms with Crippen LogP contribution in [0.5, 0.6) is 0 Å². The highest BCUT2D eigenvalue weighted by molar-refractivity contribution is 6.24. The molecule has 0 atom stereocenters. The van der Waals surface area contributed by atoms with Crippen LogP contribution in [0, 0.1) is 0 Å². The van der Waals surface area contributed by atoms with Gasteiger partial charge in [0.1, 0.15) is 0 Å². The van der Waals surface area contributed by atoms with E-state index in [1.165, 1.54) is 27.3 Å². The van der Waals surface area contributed by atoms with Crippen molar-refractivity contribution in [2.75, 3.05) is 0 Å². The van der Waals surface area contributed by atoms with Gasteiger partial charge in [0.2, 0.25) is 0 Å². The van der Waals surface area contributed by atoms with E-state index in [1.54, 1.807) is 0 Å². The second-order valence-corrected chi connectivity index (χ2v) is 26.3. The molecule has 0 N–H and O–H groups in total. The number of hydrogen-bond acceptors (Lipinski definition) is 7. The van der Waals surface area contributed by atoms with E-state index in [0.717, 1.165) is 139 Å². The lowest BCUT2D eigenvalue weighted by Crippen LogP contribution is -2.00. The molecule has 106 heavy (non-hydrogen) atoms. The van der Waals surface area contributed by atoms with Gasteiger partial charge in [-0.3, -0.25) is 0 Å². The minimum Gasteiger partial charge on any atom is -0.308 e. The molecule has 0 aliphatic carbocycles. The summed E-state index contributed by atoms with van der Waals surface area (Å²) in [6.45, 7) is 0. The van der Waals surface area contributed by atoms with Crippen molar-refractivity contribution in [1.82, 2.24) is 44.0 Å². The summed E-state index contributed by atoms with van der Waals surface area (Å²) in [6, 6.07) is 133. The summed E-state index contributed by atoms with van der Waals surface area (Å²) in [5.41, 5.74) is 25.2. The maximum atomic E-state index is 5.31. The van der Waals surface area contributed by atoms with Crippen LogP contribution in [0.1, 0.15) is 0 Å². The van der Waals surface area contributed by atoms with E-state index in [-0.39, 0.29) is 0 Å². The third-order valence-electron chi connectivity index (χ3n) is 19.9. The predicted molar refractivity (Wildman–Crippen MR) is 435 cm³/mol. The molecule has 14 aromatic carbocycles. The van der Waals surface area contributed by atoms with Crippen molar-refractivity contribution in [3.05, 3.63) is 382 Å². The number of aromatic nitrogens is 9. The first-order chi connectivity index (χ1) is 52.6. The monoisotopic (exact) mass is 1350 g/mol. The van der Waals surface area contributed by atoms with Gasteiger partial charge in [-0.2, -0.15) is 0 Å². The predicted octanol–water partition coefficient (Wildman–Crippen LogP) is 24.3. The molecule has 0 saturated heterocycles. The standard InChI is InChI=1S/C49H32N4.C48H31N5/c1-4-14-35(15-5-1)43-32-44(52-49(51-43)38-16-6-2-7-17-38)36-28-24-33(25-29-36)34-26-30-37(31-27-34)47-46-41-21-11-13-23-45(41)53(39-18-8-3-9-19-39)48(46)40-20-10-12-22-42(40)50-47;1-4-14-35(15-5-1)46-50-47(36-16-6-2-7-17-36)52-48(51-46)37-30-26-33(27-31-37)32-24-28-34(29-25-32)44-43-40-21-11-13-23-42(40)53(38-18-8-3-9-19-38)45(43)39-20-10-12-22-41(39)49-44/h1-32H;1-31H. The van der Waals surface area contributed by atoms with Crippen molar-refractivity contribution in [2.45, 2.75) is 0 Å². The normalized spacial score (nSPS) is 11.4. The number of nitrogens with zero attached hydrogens (tertiary/aromatic N) is 9. The zero-order chi connectivity index (χ0) is 70.3. The molecule has 0 bridgehead atoms. The molecule has 0 saturated carbocycles. The van der Waals surface area contributed by atoms with Gasteiger partial charge in [-0.15, -0.1) is 0 Å². The second kappa shape index (κ2) is 27.2. The molecule has 0 amide bonds. The Kier molecular flexibility index (Phi) is 16.0. The van der Waals surface area contributed by atoms with Crippen LogP contribution < -0.4 is 0 Å². The number of para-hydroxylation sites is 6. The Morgan fingerprint density at radius 2 is 0.434 bits per heavy atom. The smallest absolute Gasteiger partial charge is 0.164 e. The fourth-order valence-corrected chi connectivity index (χ4v) is 14.8. The van der Waals surface area contributed by atoms with Crippen molar-refractivity contribution < 1.29 is 0 Å². The molecule has 6 heterocycles. The quantitative estimate of drug-likeness (QED) is 0.120. The average Bonchev–Trinajstić information content (AvgIpc) is 1.56. The van der Waals surface area contributed by atoms with Crippen LogP contribution in [0.25, 0.3) is 190 Å². The third-order valence-corrected chi connectivity index (χ3v) is 19.9. The van der Waals surface area contributed by atoms with Gasteiger partial charge < -0.3 is 9.13 Å².